The molecular formula is C15H13ClF2N2O. The van der Waals surface area contributed by atoms with Crippen LogP contribution < -0.4 is 10.6 Å². The van der Waals surface area contributed by atoms with Gasteiger partial charge in [0, 0.05) is 30.8 Å². The lowest BCUT2D eigenvalue weighted by Crippen LogP contribution is -2.17. The van der Waals surface area contributed by atoms with Gasteiger partial charge in [-0.05, 0) is 24.3 Å². The Kier molecular flexibility index (Phi) is 4.75. The number of nitrogens with one attached hydrogen (secondary N) is 2. The first-order valence-electron chi connectivity index (χ1n) is 6.20. The zero-order valence-electron chi connectivity index (χ0n) is 11.2. The topological polar surface area (TPSA) is 41.1 Å². The van der Waals surface area contributed by atoms with Gasteiger partial charge in [-0.15, -0.1) is 0 Å². The zero-order chi connectivity index (χ0) is 15.4. The number of benzene rings is 2. The molecule has 0 aromatic heterocycles. The molecule has 2 rings (SSSR count). The number of amides is 1. The van der Waals surface area contributed by atoms with Crippen LogP contribution in [0.2, 0.25) is 5.02 Å². The predicted molar refractivity (Wildman–Crippen MR) is 78.5 cm³/mol. The predicted octanol–water partition coefficient (Wildman–Crippen LogP) is 3.59. The lowest BCUT2D eigenvalue weighted by molar-refractivity contribution is 0.0963. The highest BCUT2D eigenvalue weighted by molar-refractivity contribution is 6.33. The summed E-state index contributed by atoms with van der Waals surface area (Å²) in [6, 6.07) is 8.10. The van der Waals surface area contributed by atoms with Crippen molar-refractivity contribution >= 4 is 23.2 Å². The van der Waals surface area contributed by atoms with E-state index in [0.717, 1.165) is 6.07 Å². The van der Waals surface area contributed by atoms with Gasteiger partial charge in [0.1, 0.15) is 11.6 Å². The molecular weight excluding hydrogens is 298 g/mol. The molecule has 0 fully saturated rings. The van der Waals surface area contributed by atoms with E-state index < -0.39 is 11.6 Å². The van der Waals surface area contributed by atoms with Crippen LogP contribution in [0.1, 0.15) is 15.9 Å². The van der Waals surface area contributed by atoms with E-state index in [4.69, 9.17) is 11.6 Å². The molecule has 0 aliphatic carbocycles. The van der Waals surface area contributed by atoms with Crippen LogP contribution in [0.4, 0.5) is 14.5 Å². The average Bonchev–Trinajstić information content (AvgIpc) is 2.47. The van der Waals surface area contributed by atoms with Crippen molar-refractivity contribution in [2.75, 3.05) is 12.4 Å². The molecule has 0 spiro atoms. The molecule has 0 unspecified atom stereocenters. The maximum Gasteiger partial charge on any atom is 0.251 e. The number of rotatable bonds is 4. The summed E-state index contributed by atoms with van der Waals surface area (Å²) in [5.41, 5.74) is 1.24. The third kappa shape index (κ3) is 3.70. The first-order chi connectivity index (χ1) is 10.0. The molecule has 2 aromatic carbocycles. The summed E-state index contributed by atoms with van der Waals surface area (Å²) in [4.78, 5) is 11.6. The van der Waals surface area contributed by atoms with Gasteiger partial charge in [0.15, 0.2) is 0 Å². The van der Waals surface area contributed by atoms with Gasteiger partial charge < -0.3 is 10.6 Å². The molecule has 3 nitrogen and oxygen atoms in total. The summed E-state index contributed by atoms with van der Waals surface area (Å²) in [6.07, 6.45) is 0. The average molecular weight is 311 g/mol. The Morgan fingerprint density at radius 3 is 2.62 bits per heavy atom. The van der Waals surface area contributed by atoms with Crippen molar-refractivity contribution < 1.29 is 13.6 Å². The van der Waals surface area contributed by atoms with Gasteiger partial charge in [0.25, 0.3) is 5.91 Å². The minimum absolute atomic E-state index is 0.128. The van der Waals surface area contributed by atoms with E-state index in [1.165, 1.54) is 19.2 Å². The highest BCUT2D eigenvalue weighted by atomic mass is 35.5. The van der Waals surface area contributed by atoms with Crippen molar-refractivity contribution in [3.63, 3.8) is 0 Å². The van der Waals surface area contributed by atoms with Gasteiger partial charge in [-0.3, -0.25) is 4.79 Å². The minimum atomic E-state index is -0.638. The largest absolute Gasteiger partial charge is 0.380 e. The van der Waals surface area contributed by atoms with E-state index in [0.29, 0.717) is 21.8 Å². The third-order valence-corrected chi connectivity index (χ3v) is 3.27. The molecule has 0 aliphatic rings. The lowest BCUT2D eigenvalue weighted by Gasteiger charge is -2.11. The van der Waals surface area contributed by atoms with Gasteiger partial charge in [-0.2, -0.15) is 0 Å². The van der Waals surface area contributed by atoms with Crippen LogP contribution in [0.25, 0.3) is 0 Å². The summed E-state index contributed by atoms with van der Waals surface area (Å²) in [5, 5.41) is 5.85. The Hall–Kier alpha value is -2.14. The number of anilines is 1. The zero-order valence-corrected chi connectivity index (χ0v) is 12.0. The highest BCUT2D eigenvalue weighted by Gasteiger charge is 2.09. The second-order valence-electron chi connectivity index (χ2n) is 4.36. The fraction of sp³-hybridized carbons (Fsp3) is 0.133. The van der Waals surface area contributed by atoms with Crippen LogP contribution in [-0.4, -0.2) is 13.0 Å². The molecule has 0 atom stereocenters. The second kappa shape index (κ2) is 6.54. The molecule has 0 bridgehead atoms. The minimum Gasteiger partial charge on any atom is -0.380 e. The Balaban J connectivity index is 2.17. The molecule has 2 N–H and O–H groups in total. The Morgan fingerprint density at radius 2 is 1.95 bits per heavy atom. The standard InChI is InChI=1S/C15H13ClF2N2O/c1-19-15(21)9-3-5-12(16)14(6-9)20-8-10-2-4-11(17)7-13(10)18/h2-7,20H,8H2,1H3,(H,19,21). The van der Waals surface area contributed by atoms with Crippen LogP contribution in [0, 0.1) is 11.6 Å². The molecule has 0 aliphatic heterocycles. The summed E-state index contributed by atoms with van der Waals surface area (Å²) in [7, 11) is 1.53. The van der Waals surface area contributed by atoms with Crippen molar-refractivity contribution in [1.82, 2.24) is 5.32 Å². The molecule has 2 aromatic rings. The van der Waals surface area contributed by atoms with Crippen molar-refractivity contribution in [2.45, 2.75) is 6.54 Å². The van der Waals surface area contributed by atoms with Gasteiger partial charge in [-0.1, -0.05) is 17.7 Å². The lowest BCUT2D eigenvalue weighted by atomic mass is 10.1. The maximum absolute atomic E-state index is 13.5. The SMILES string of the molecule is CNC(=O)c1ccc(Cl)c(NCc2ccc(F)cc2F)c1. The van der Waals surface area contributed by atoms with Gasteiger partial charge in [0.2, 0.25) is 0 Å². The molecule has 0 radical (unpaired) electrons. The molecule has 110 valence electrons. The van der Waals surface area contributed by atoms with E-state index >= 15 is 0 Å². The van der Waals surface area contributed by atoms with E-state index in [1.54, 1.807) is 18.2 Å². The molecule has 0 heterocycles. The molecule has 0 saturated heterocycles. The third-order valence-electron chi connectivity index (χ3n) is 2.94. The molecule has 21 heavy (non-hydrogen) atoms. The van der Waals surface area contributed by atoms with Crippen LogP contribution >= 0.6 is 11.6 Å². The first kappa shape index (κ1) is 15.3. The van der Waals surface area contributed by atoms with Crippen molar-refractivity contribution in [3.05, 3.63) is 64.2 Å². The van der Waals surface area contributed by atoms with E-state index in [1.807, 2.05) is 0 Å². The number of hydrogen-bond donors (Lipinski definition) is 2. The van der Waals surface area contributed by atoms with E-state index in [-0.39, 0.29) is 12.5 Å². The molecule has 6 heteroatoms. The number of carbonyl (C=O) groups is 1. The summed E-state index contributed by atoms with van der Waals surface area (Å²) >= 11 is 6.03. The van der Waals surface area contributed by atoms with Crippen LogP contribution in [0.15, 0.2) is 36.4 Å². The van der Waals surface area contributed by atoms with Gasteiger partial charge in [0.05, 0.1) is 10.7 Å². The van der Waals surface area contributed by atoms with Crippen LogP contribution in [0.5, 0.6) is 0 Å². The van der Waals surface area contributed by atoms with E-state index in [9.17, 15) is 13.6 Å². The summed E-state index contributed by atoms with van der Waals surface area (Å²) < 4.78 is 26.4. The number of halogens is 3. The summed E-state index contributed by atoms with van der Waals surface area (Å²) in [6.45, 7) is 0.128. The van der Waals surface area contributed by atoms with Crippen LogP contribution in [-0.2, 0) is 6.54 Å². The van der Waals surface area contributed by atoms with Crippen molar-refractivity contribution in [2.24, 2.45) is 0 Å². The number of hydrogen-bond acceptors (Lipinski definition) is 2. The van der Waals surface area contributed by atoms with Crippen LogP contribution in [0.3, 0.4) is 0 Å². The highest BCUT2D eigenvalue weighted by Crippen LogP contribution is 2.24. The summed E-state index contributed by atoms with van der Waals surface area (Å²) in [5.74, 6) is -1.51. The second-order valence-corrected chi connectivity index (χ2v) is 4.77. The fourth-order valence-corrected chi connectivity index (χ4v) is 1.99. The van der Waals surface area contributed by atoms with Gasteiger partial charge in [-0.25, -0.2) is 8.78 Å². The van der Waals surface area contributed by atoms with E-state index in [2.05, 4.69) is 10.6 Å². The Bertz CT molecular complexity index is 677. The van der Waals surface area contributed by atoms with Gasteiger partial charge >= 0.3 is 0 Å². The van der Waals surface area contributed by atoms with Crippen molar-refractivity contribution in [1.29, 1.82) is 0 Å². The smallest absolute Gasteiger partial charge is 0.251 e. The molecule has 0 saturated carbocycles. The maximum atomic E-state index is 13.5. The fourth-order valence-electron chi connectivity index (χ4n) is 1.80. The normalized spacial score (nSPS) is 10.3. The first-order valence-corrected chi connectivity index (χ1v) is 6.58. The monoisotopic (exact) mass is 310 g/mol. The van der Waals surface area contributed by atoms with Crippen molar-refractivity contribution in [3.8, 4) is 0 Å². The molecule has 1 amide bonds. The Morgan fingerprint density at radius 1 is 1.19 bits per heavy atom. The Labute approximate surface area is 125 Å². The quantitative estimate of drug-likeness (QED) is 0.906. The number of carbonyl (C=O) groups excluding carboxylic acids is 1.